The molecule has 2 aliphatic heterocycles. The smallest absolute Gasteiger partial charge is 0.411 e. The van der Waals surface area contributed by atoms with E-state index in [9.17, 15) is 9.59 Å². The van der Waals surface area contributed by atoms with Crippen LogP contribution in [0.2, 0.25) is 39.3 Å². The van der Waals surface area contributed by atoms with Gasteiger partial charge in [-0.1, -0.05) is 95.1 Å². The summed E-state index contributed by atoms with van der Waals surface area (Å²) in [7, 11) is -3.42. The Balaban J connectivity index is 2.20. The molecule has 0 aliphatic carbocycles. The Morgan fingerprint density at radius 2 is 1.62 bits per heavy atom. The summed E-state index contributed by atoms with van der Waals surface area (Å²) < 4.78 is 5.64. The van der Waals surface area contributed by atoms with Gasteiger partial charge in [0.05, 0.1) is 28.2 Å². The van der Waals surface area contributed by atoms with Crippen molar-refractivity contribution in [2.75, 3.05) is 6.61 Å². The summed E-state index contributed by atoms with van der Waals surface area (Å²) in [6, 6.07) is 9.71. The van der Waals surface area contributed by atoms with Gasteiger partial charge in [0.15, 0.2) is 0 Å². The van der Waals surface area contributed by atoms with Crippen LogP contribution in [-0.4, -0.2) is 61.4 Å². The minimum Gasteiger partial charge on any atom is -0.447 e. The summed E-state index contributed by atoms with van der Waals surface area (Å²) in [5.41, 5.74) is 1.26. The van der Waals surface area contributed by atoms with Crippen LogP contribution in [0.25, 0.3) is 0 Å². The molecule has 3 rings (SSSR count). The highest BCUT2D eigenvalue weighted by Gasteiger charge is 2.70. The van der Waals surface area contributed by atoms with Gasteiger partial charge in [-0.05, 0) is 25.3 Å². The van der Waals surface area contributed by atoms with Crippen molar-refractivity contribution in [3.8, 4) is 0 Å². The van der Waals surface area contributed by atoms with Crippen LogP contribution in [0, 0.1) is 5.92 Å². The number of β-lactam (4-membered cyclic amide) rings is 1. The van der Waals surface area contributed by atoms with Gasteiger partial charge in [-0.3, -0.25) is 9.69 Å². The monoisotopic (exact) mass is 500 g/mol. The van der Waals surface area contributed by atoms with Gasteiger partial charge in [-0.2, -0.15) is 0 Å². The molecule has 7 heteroatoms. The Hall–Kier alpha value is -1.87. The number of hydrogen-bond donors (Lipinski definition) is 0. The first kappa shape index (κ1) is 26.7. The van der Waals surface area contributed by atoms with Crippen molar-refractivity contribution < 1.29 is 14.3 Å². The van der Waals surface area contributed by atoms with E-state index >= 15 is 0 Å². The predicted octanol–water partition coefficient (Wildman–Crippen LogP) is 6.27. The van der Waals surface area contributed by atoms with Crippen molar-refractivity contribution >= 4 is 28.1 Å². The second-order valence-electron chi connectivity index (χ2n) is 12.8. The largest absolute Gasteiger partial charge is 0.447 e. The second-order valence-corrected chi connectivity index (χ2v) is 24.0. The molecule has 34 heavy (non-hydrogen) atoms. The van der Waals surface area contributed by atoms with E-state index in [0.717, 1.165) is 11.1 Å². The van der Waals surface area contributed by atoms with Gasteiger partial charge in [0.1, 0.15) is 12.1 Å². The third-order valence-electron chi connectivity index (χ3n) is 7.25. The predicted molar refractivity (Wildman–Crippen MR) is 145 cm³/mol. The normalized spacial score (nSPS) is 25.6. The Morgan fingerprint density at radius 3 is 2.09 bits per heavy atom. The summed E-state index contributed by atoms with van der Waals surface area (Å²) in [5, 5.41) is 0.300. The first-order valence-electron chi connectivity index (χ1n) is 12.6. The zero-order chi connectivity index (χ0) is 25.6. The number of benzene rings is 1. The molecule has 0 aromatic heterocycles. The van der Waals surface area contributed by atoms with Crippen molar-refractivity contribution in [2.45, 2.75) is 96.3 Å². The van der Waals surface area contributed by atoms with Crippen LogP contribution in [0.5, 0.6) is 0 Å². The lowest BCUT2D eigenvalue weighted by atomic mass is 9.69. The fourth-order valence-corrected chi connectivity index (χ4v) is 19.2. The molecule has 1 aromatic rings. The molecule has 3 atom stereocenters. The number of allylic oxidation sites excluding steroid dienone is 1. The van der Waals surface area contributed by atoms with Gasteiger partial charge >= 0.3 is 6.09 Å². The fraction of sp³-hybridized carbons (Fsp3) is 0.630. The van der Waals surface area contributed by atoms with E-state index in [1.54, 1.807) is 0 Å². The van der Waals surface area contributed by atoms with Crippen LogP contribution >= 0.6 is 0 Å². The number of hydrogen-bond acceptors (Lipinski definition) is 3. The van der Waals surface area contributed by atoms with Crippen LogP contribution < -0.4 is 0 Å². The number of amides is 2. The lowest BCUT2D eigenvalue weighted by molar-refractivity contribution is -0.179. The third-order valence-corrected chi connectivity index (χ3v) is 16.3. The minimum atomic E-state index is -1.71. The second kappa shape index (κ2) is 9.30. The summed E-state index contributed by atoms with van der Waals surface area (Å²) in [5.74, 6) is 0.321. The van der Waals surface area contributed by atoms with E-state index in [2.05, 4.69) is 78.0 Å². The van der Waals surface area contributed by atoms with Crippen molar-refractivity contribution in [1.29, 1.82) is 0 Å². The van der Waals surface area contributed by atoms with Gasteiger partial charge in [-0.25, -0.2) is 4.79 Å². The topological polar surface area (TPSA) is 49.9 Å². The zero-order valence-electron chi connectivity index (χ0n) is 22.8. The molecule has 2 heterocycles. The molecular formula is C27H44N2O3Si2. The van der Waals surface area contributed by atoms with Crippen molar-refractivity contribution in [3.05, 3.63) is 47.5 Å². The van der Waals surface area contributed by atoms with E-state index < -0.39 is 21.7 Å². The molecule has 2 amide bonds. The van der Waals surface area contributed by atoms with Crippen LogP contribution in [0.1, 0.15) is 45.7 Å². The number of carbonyl (C=O) groups excluding carboxylic acids is 2. The number of rotatable bonds is 8. The molecule has 0 radical (unpaired) electrons. The quantitative estimate of drug-likeness (QED) is 0.240. The molecule has 2 aliphatic rings. The van der Waals surface area contributed by atoms with E-state index in [1.165, 1.54) is 0 Å². The number of carbonyl (C=O) groups is 2. The Labute approximate surface area is 208 Å². The molecule has 0 bridgehead atoms. The molecule has 2 fully saturated rings. The minimum absolute atomic E-state index is 0.0455. The number of nitrogens with zero attached hydrogens (tertiary/aromatic N) is 2. The van der Waals surface area contributed by atoms with Crippen LogP contribution in [-0.2, 0) is 9.53 Å². The average molecular weight is 501 g/mol. The first-order valence-corrected chi connectivity index (χ1v) is 19.8. The van der Waals surface area contributed by atoms with Crippen molar-refractivity contribution in [1.82, 2.24) is 9.80 Å². The maximum absolute atomic E-state index is 14.5. The Bertz CT molecular complexity index is 931. The average Bonchev–Trinajstić information content (AvgIpc) is 3.09. The van der Waals surface area contributed by atoms with Crippen molar-refractivity contribution in [3.63, 3.8) is 0 Å². The summed E-state index contributed by atoms with van der Waals surface area (Å²) in [6.45, 7) is 23.1. The maximum Gasteiger partial charge on any atom is 0.411 e. The van der Waals surface area contributed by atoms with E-state index in [4.69, 9.17) is 4.74 Å². The lowest BCUT2D eigenvalue weighted by Crippen LogP contribution is -2.86. The van der Waals surface area contributed by atoms with E-state index in [-0.39, 0.29) is 36.6 Å². The molecule has 0 N–H and O–H groups in total. The Kier molecular flexibility index (Phi) is 7.31. The van der Waals surface area contributed by atoms with Gasteiger partial charge in [0.25, 0.3) is 5.91 Å². The highest BCUT2D eigenvalue weighted by atomic mass is 28.4. The third kappa shape index (κ3) is 4.53. The molecule has 0 unspecified atom stereocenters. The lowest BCUT2D eigenvalue weighted by Gasteiger charge is -2.66. The Morgan fingerprint density at radius 1 is 1.06 bits per heavy atom. The molecule has 188 valence electrons. The number of likely N-dealkylation sites (tertiary alicyclic amines) is 1. The molecule has 2 saturated heterocycles. The van der Waals surface area contributed by atoms with Gasteiger partial charge in [0, 0.05) is 11.7 Å². The summed E-state index contributed by atoms with van der Waals surface area (Å²) in [4.78, 5) is 32.0. The highest BCUT2D eigenvalue weighted by Crippen LogP contribution is 2.51. The van der Waals surface area contributed by atoms with Gasteiger partial charge in [0.2, 0.25) is 0 Å². The molecule has 5 nitrogen and oxygen atoms in total. The van der Waals surface area contributed by atoms with E-state index in [1.807, 2.05) is 35.2 Å². The van der Waals surface area contributed by atoms with Gasteiger partial charge in [-0.15, -0.1) is 0 Å². The van der Waals surface area contributed by atoms with Gasteiger partial charge < -0.3 is 9.64 Å². The maximum atomic E-state index is 14.5. The number of cyclic esters (lactones) is 1. The molecular weight excluding hydrogens is 456 g/mol. The number of ether oxygens (including phenoxy) is 1. The van der Waals surface area contributed by atoms with E-state index in [0.29, 0.717) is 11.7 Å². The standard InChI is InChI=1S/C27H44N2O3Si2/c1-19(2)16-17-27(29-22(18-32-25(29)31)21-14-12-11-13-15-21)23(20(3)4)28(24(27)30)26(33(5,6)7)34(8,9)10/h11-16,20,22-23,26H,17-18H2,1-10H3/t22-,23-,27+/m1/s1. The highest BCUT2D eigenvalue weighted by molar-refractivity contribution is 6.96. The first-order chi connectivity index (χ1) is 15.6. The molecule has 0 spiro atoms. The van der Waals surface area contributed by atoms with Crippen molar-refractivity contribution in [2.24, 2.45) is 5.92 Å². The molecule has 0 saturated carbocycles. The SMILES string of the molecule is CC(C)=CC[C@@]1(N2C(=O)OC[C@@H]2c2ccccc2)C(=O)N(C([Si](C)(C)C)[Si](C)(C)C)[C@@H]1C(C)C. The van der Waals surface area contributed by atoms with Crippen LogP contribution in [0.3, 0.4) is 0 Å². The summed E-state index contributed by atoms with van der Waals surface area (Å²) in [6.07, 6.45) is 2.29. The van der Waals surface area contributed by atoms with Crippen LogP contribution in [0.15, 0.2) is 42.0 Å². The summed E-state index contributed by atoms with van der Waals surface area (Å²) >= 11 is 0. The fourth-order valence-electron chi connectivity index (χ4n) is 6.62. The van der Waals surface area contributed by atoms with Crippen LogP contribution in [0.4, 0.5) is 4.79 Å². The zero-order valence-corrected chi connectivity index (χ0v) is 24.8. The molecule has 1 aromatic carbocycles.